The van der Waals surface area contributed by atoms with E-state index in [0.29, 0.717) is 22.6 Å². The van der Waals surface area contributed by atoms with Gasteiger partial charge in [0.25, 0.3) is 0 Å². The lowest BCUT2D eigenvalue weighted by Crippen LogP contribution is -2.12. The summed E-state index contributed by atoms with van der Waals surface area (Å²) in [6.45, 7) is 0. The first-order chi connectivity index (χ1) is 13.7. The molecule has 0 radical (unpaired) electrons. The third-order valence-electron chi connectivity index (χ3n) is 5.56. The molecule has 0 aromatic heterocycles. The van der Waals surface area contributed by atoms with Gasteiger partial charge in [-0.3, -0.25) is 4.79 Å². The maximum absolute atomic E-state index is 13.5. The molecule has 0 bridgehead atoms. The molecule has 0 fully saturated rings. The Morgan fingerprint density at radius 1 is 0.893 bits per heavy atom. The Morgan fingerprint density at radius 3 is 2.54 bits per heavy atom. The molecule has 0 spiro atoms. The highest BCUT2D eigenvalue weighted by Crippen LogP contribution is 2.34. The van der Waals surface area contributed by atoms with Gasteiger partial charge in [0.05, 0.1) is 31.6 Å². The first-order valence-corrected chi connectivity index (χ1v) is 9.28. The Hall–Kier alpha value is -3.46. The average Bonchev–Trinajstić information content (AvgIpc) is 2.76. The number of methoxy groups -OCH3 is 2. The van der Waals surface area contributed by atoms with Gasteiger partial charge in [0.2, 0.25) is 0 Å². The van der Waals surface area contributed by atoms with Crippen molar-refractivity contribution in [3.05, 3.63) is 82.9 Å². The van der Waals surface area contributed by atoms with E-state index in [9.17, 15) is 4.79 Å². The molecule has 3 heteroatoms. The van der Waals surface area contributed by atoms with Gasteiger partial charge in [-0.25, -0.2) is 0 Å². The quantitative estimate of drug-likeness (QED) is 0.393. The van der Waals surface area contributed by atoms with Crippen molar-refractivity contribution in [3.63, 3.8) is 0 Å². The maximum Gasteiger partial charge on any atom is 0.197 e. The van der Waals surface area contributed by atoms with Gasteiger partial charge in [-0.15, -0.1) is 0 Å². The minimum Gasteiger partial charge on any atom is -0.497 e. The Balaban J connectivity index is 1.77. The van der Waals surface area contributed by atoms with Crippen molar-refractivity contribution < 1.29 is 14.3 Å². The lowest BCUT2D eigenvalue weighted by atomic mass is 9.87. The average molecular weight is 367 g/mol. The molecule has 0 atom stereocenters. The lowest BCUT2D eigenvalue weighted by molar-refractivity contribution is 0.103. The number of hydrogen-bond donors (Lipinski definition) is 0. The molecule has 0 N–H and O–H groups in total. The Labute approximate surface area is 163 Å². The largest absolute Gasteiger partial charge is 0.497 e. The van der Waals surface area contributed by atoms with Gasteiger partial charge in [-0.2, -0.15) is 0 Å². The van der Waals surface area contributed by atoms with Gasteiger partial charge < -0.3 is 9.47 Å². The molecule has 0 amide bonds. The van der Waals surface area contributed by atoms with Crippen LogP contribution < -0.4 is 14.7 Å². The molecule has 4 aromatic rings. The summed E-state index contributed by atoms with van der Waals surface area (Å²) in [4.78, 5) is 13.5. The van der Waals surface area contributed by atoms with Crippen molar-refractivity contribution in [1.82, 2.24) is 0 Å². The van der Waals surface area contributed by atoms with E-state index in [-0.39, 0.29) is 5.78 Å². The van der Waals surface area contributed by atoms with Crippen molar-refractivity contribution in [2.45, 2.75) is 6.42 Å². The van der Waals surface area contributed by atoms with Gasteiger partial charge in [-0.1, -0.05) is 18.2 Å². The number of benzene rings is 4. The van der Waals surface area contributed by atoms with E-state index >= 15 is 0 Å². The zero-order valence-corrected chi connectivity index (χ0v) is 15.8. The van der Waals surface area contributed by atoms with Crippen molar-refractivity contribution in [3.8, 4) is 11.5 Å². The van der Waals surface area contributed by atoms with Gasteiger partial charge in [-0.05, 0) is 35.0 Å². The molecule has 0 saturated heterocycles. The SMILES string of the molecule is COc1ccc(C(=O)c2ccc3ccc4c5c(ccc2c35)=C[CH+]C4)c(OC)c1. The summed E-state index contributed by atoms with van der Waals surface area (Å²) in [6, 6.07) is 17.8. The summed E-state index contributed by atoms with van der Waals surface area (Å²) in [5.74, 6) is 1.13. The molecule has 1 aliphatic carbocycles. The Morgan fingerprint density at radius 2 is 1.71 bits per heavy atom. The number of ether oxygens (including phenoxy) is 2. The van der Waals surface area contributed by atoms with Crippen LogP contribution in [0.4, 0.5) is 0 Å². The van der Waals surface area contributed by atoms with E-state index in [0.717, 1.165) is 22.6 Å². The van der Waals surface area contributed by atoms with Crippen molar-refractivity contribution in [2.24, 2.45) is 0 Å². The number of hydrogen-bond acceptors (Lipinski definition) is 3. The Bertz CT molecular complexity index is 1300. The van der Waals surface area contributed by atoms with E-state index in [2.05, 4.69) is 36.8 Å². The van der Waals surface area contributed by atoms with Crippen LogP contribution >= 0.6 is 0 Å². The molecule has 28 heavy (non-hydrogen) atoms. The number of rotatable bonds is 4. The highest BCUT2D eigenvalue weighted by Gasteiger charge is 2.22. The molecular formula is C25H19O3+. The van der Waals surface area contributed by atoms with Crippen molar-refractivity contribution in [2.75, 3.05) is 14.2 Å². The summed E-state index contributed by atoms with van der Waals surface area (Å²) in [7, 11) is 3.17. The first-order valence-electron chi connectivity index (χ1n) is 9.28. The second kappa shape index (κ2) is 6.31. The highest BCUT2D eigenvalue weighted by molar-refractivity contribution is 6.23. The molecule has 4 aromatic carbocycles. The number of carbonyl (C=O) groups is 1. The molecule has 0 heterocycles. The minimum atomic E-state index is -0.0477. The standard InChI is InChI=1S/C25H19O3/c1-27-18-10-13-21(22(14-18)28-2)25(26)20-12-9-17-7-6-15-4-3-5-16-8-11-19(20)24(17)23(15)16/h3,5-14H,4H2,1-2H3/q+1. The van der Waals surface area contributed by atoms with Crippen LogP contribution in [0, 0.1) is 6.42 Å². The van der Waals surface area contributed by atoms with E-state index < -0.39 is 0 Å². The molecule has 0 aliphatic heterocycles. The van der Waals surface area contributed by atoms with Crippen LogP contribution in [0.1, 0.15) is 21.5 Å². The predicted octanol–water partition coefficient (Wildman–Crippen LogP) is 4.50. The zero-order chi connectivity index (χ0) is 19.3. The molecule has 5 rings (SSSR count). The summed E-state index contributed by atoms with van der Waals surface area (Å²) in [5.41, 5.74) is 2.53. The van der Waals surface area contributed by atoms with Gasteiger partial charge in [0, 0.05) is 35.1 Å². The molecule has 3 nitrogen and oxygen atoms in total. The van der Waals surface area contributed by atoms with Crippen LogP contribution in [0.5, 0.6) is 11.5 Å². The summed E-state index contributed by atoms with van der Waals surface area (Å²) in [6.07, 6.45) is 5.28. The molecule has 0 saturated carbocycles. The second-order valence-electron chi connectivity index (χ2n) is 7.02. The van der Waals surface area contributed by atoms with Gasteiger partial charge in [0.15, 0.2) is 5.78 Å². The summed E-state index contributed by atoms with van der Waals surface area (Å²) < 4.78 is 10.7. The molecule has 0 unspecified atom stereocenters. The normalized spacial score (nSPS) is 12.5. The fourth-order valence-electron chi connectivity index (χ4n) is 4.20. The monoisotopic (exact) mass is 367 g/mol. The number of ketones is 1. The number of carbonyl (C=O) groups excluding carboxylic acids is 1. The first kappa shape index (κ1) is 16.7. The fourth-order valence-corrected chi connectivity index (χ4v) is 4.20. The third-order valence-corrected chi connectivity index (χ3v) is 5.56. The smallest absolute Gasteiger partial charge is 0.197 e. The van der Waals surface area contributed by atoms with Crippen LogP contribution in [0.3, 0.4) is 0 Å². The van der Waals surface area contributed by atoms with Crippen LogP contribution in [-0.4, -0.2) is 20.0 Å². The van der Waals surface area contributed by atoms with Gasteiger partial charge >= 0.3 is 0 Å². The minimum absolute atomic E-state index is 0.0477. The highest BCUT2D eigenvalue weighted by atomic mass is 16.5. The zero-order valence-electron chi connectivity index (χ0n) is 15.8. The predicted molar refractivity (Wildman–Crippen MR) is 112 cm³/mol. The summed E-state index contributed by atoms with van der Waals surface area (Å²) >= 11 is 0. The lowest BCUT2D eigenvalue weighted by Gasteiger charge is -2.14. The van der Waals surface area contributed by atoms with Gasteiger partial charge in [0.1, 0.15) is 22.8 Å². The van der Waals surface area contributed by atoms with Crippen molar-refractivity contribution >= 4 is 33.4 Å². The molecule has 136 valence electrons. The van der Waals surface area contributed by atoms with Crippen LogP contribution in [-0.2, 0) is 6.42 Å². The van der Waals surface area contributed by atoms with Crippen LogP contribution in [0.2, 0.25) is 0 Å². The van der Waals surface area contributed by atoms with E-state index in [1.54, 1.807) is 32.4 Å². The third kappa shape index (κ3) is 2.36. The van der Waals surface area contributed by atoms with E-state index in [1.165, 1.54) is 16.2 Å². The molecule has 1 aliphatic rings. The van der Waals surface area contributed by atoms with Crippen LogP contribution in [0.15, 0.2) is 54.6 Å². The summed E-state index contributed by atoms with van der Waals surface area (Å²) in [5, 5.41) is 5.78. The van der Waals surface area contributed by atoms with E-state index in [4.69, 9.17) is 9.47 Å². The molecular weight excluding hydrogens is 348 g/mol. The van der Waals surface area contributed by atoms with E-state index in [1.807, 2.05) is 12.1 Å². The topological polar surface area (TPSA) is 35.5 Å². The Kier molecular flexibility index (Phi) is 3.76. The van der Waals surface area contributed by atoms with Crippen molar-refractivity contribution in [1.29, 1.82) is 0 Å². The second-order valence-corrected chi connectivity index (χ2v) is 7.02. The maximum atomic E-state index is 13.5. The van der Waals surface area contributed by atoms with Crippen LogP contribution in [0.25, 0.3) is 27.6 Å². The fraction of sp³-hybridized carbons (Fsp3) is 0.120.